The summed E-state index contributed by atoms with van der Waals surface area (Å²) in [7, 11) is 1.72. The first-order valence-corrected chi connectivity index (χ1v) is 6.10. The van der Waals surface area contributed by atoms with Gasteiger partial charge in [0.1, 0.15) is 5.84 Å². The van der Waals surface area contributed by atoms with Crippen molar-refractivity contribution in [3.05, 3.63) is 11.6 Å². The number of carboxylic acid groups (broad SMARTS) is 1. The largest absolute Gasteiger partial charge is 0.481 e. The molecule has 94 valence electrons. The molecule has 1 aliphatic carbocycles. The van der Waals surface area contributed by atoms with E-state index in [1.807, 2.05) is 12.3 Å². The highest BCUT2D eigenvalue weighted by atomic mass is 16.4. The molecule has 0 radical (unpaired) electrons. The van der Waals surface area contributed by atoms with Crippen molar-refractivity contribution in [2.45, 2.75) is 39.0 Å². The van der Waals surface area contributed by atoms with Crippen molar-refractivity contribution in [3.63, 3.8) is 0 Å². The number of hydrogen-bond donors (Lipinski definition) is 1. The fourth-order valence-corrected chi connectivity index (χ4v) is 1.83. The molecule has 4 heteroatoms. The lowest BCUT2D eigenvalue weighted by molar-refractivity contribution is -0.141. The van der Waals surface area contributed by atoms with Crippen LogP contribution in [0, 0.1) is 5.92 Å². The van der Waals surface area contributed by atoms with Gasteiger partial charge in [0.15, 0.2) is 0 Å². The maximum Gasteiger partial charge on any atom is 0.306 e. The number of amidine groups is 1. The molecule has 0 spiro atoms. The predicted octanol–water partition coefficient (Wildman–Crippen LogP) is 2.70. The zero-order chi connectivity index (χ0) is 12.7. The number of rotatable bonds is 4. The molecule has 0 aromatic heterocycles. The molecule has 0 saturated heterocycles. The Morgan fingerprint density at radius 1 is 1.65 bits per heavy atom. The van der Waals surface area contributed by atoms with Gasteiger partial charge in [0.2, 0.25) is 0 Å². The number of carboxylic acids is 1. The predicted molar refractivity (Wildman–Crippen MR) is 69.8 cm³/mol. The van der Waals surface area contributed by atoms with Crippen LogP contribution in [0.2, 0.25) is 0 Å². The zero-order valence-corrected chi connectivity index (χ0v) is 10.5. The third-order valence-electron chi connectivity index (χ3n) is 2.89. The number of carbonyl (C=O) groups is 1. The van der Waals surface area contributed by atoms with Gasteiger partial charge in [-0.05, 0) is 31.3 Å². The summed E-state index contributed by atoms with van der Waals surface area (Å²) >= 11 is 0. The van der Waals surface area contributed by atoms with Gasteiger partial charge in [0.05, 0.1) is 5.92 Å². The zero-order valence-electron chi connectivity index (χ0n) is 10.5. The van der Waals surface area contributed by atoms with Gasteiger partial charge in [-0.25, -0.2) is 4.99 Å². The van der Waals surface area contributed by atoms with Crippen LogP contribution in [0.3, 0.4) is 0 Å². The average Bonchev–Trinajstić information content (AvgIpc) is 2.35. The summed E-state index contributed by atoms with van der Waals surface area (Å²) in [4.78, 5) is 19.3. The van der Waals surface area contributed by atoms with Gasteiger partial charge in [-0.15, -0.1) is 0 Å². The molecule has 0 aliphatic heterocycles. The average molecular weight is 236 g/mol. The van der Waals surface area contributed by atoms with Crippen LogP contribution in [0.4, 0.5) is 0 Å². The van der Waals surface area contributed by atoms with Gasteiger partial charge in [-0.3, -0.25) is 9.79 Å². The minimum Gasteiger partial charge on any atom is -0.481 e. The highest BCUT2D eigenvalue weighted by Gasteiger charge is 2.22. The van der Waals surface area contributed by atoms with E-state index < -0.39 is 5.97 Å². The van der Waals surface area contributed by atoms with Crippen molar-refractivity contribution in [2.24, 2.45) is 15.9 Å². The molecule has 1 atom stereocenters. The number of aliphatic imine (C=N–C) groups is 2. The Labute approximate surface area is 102 Å². The van der Waals surface area contributed by atoms with Crippen molar-refractivity contribution >= 4 is 18.0 Å². The highest BCUT2D eigenvalue weighted by molar-refractivity contribution is 6.02. The lowest BCUT2D eigenvalue weighted by Crippen LogP contribution is -2.18. The monoisotopic (exact) mass is 236 g/mol. The van der Waals surface area contributed by atoms with Gasteiger partial charge < -0.3 is 5.11 Å². The lowest BCUT2D eigenvalue weighted by Gasteiger charge is -2.17. The molecule has 1 rings (SSSR count). The third kappa shape index (κ3) is 4.13. The summed E-state index contributed by atoms with van der Waals surface area (Å²) in [6.07, 6.45) is 7.90. The summed E-state index contributed by atoms with van der Waals surface area (Å²) in [5.41, 5.74) is 1.08. The standard InChI is InChI=1S/C13H20N2O2/c1-3-4-9-15-12(14-2)10-5-7-11(8-6-10)13(16)17/h5,9,11H,3-4,6-8H2,1-2H3,(H,16,17)/b14-12-,15-9-. The fourth-order valence-electron chi connectivity index (χ4n) is 1.83. The van der Waals surface area contributed by atoms with Gasteiger partial charge >= 0.3 is 5.97 Å². The number of allylic oxidation sites excluding steroid dienone is 1. The van der Waals surface area contributed by atoms with Crippen LogP contribution in [0.15, 0.2) is 21.6 Å². The lowest BCUT2D eigenvalue weighted by atomic mass is 9.89. The first-order valence-electron chi connectivity index (χ1n) is 6.10. The SMILES string of the molecule is CCC/C=N\C(=N/C)C1=CCC(C(=O)O)CC1. The van der Waals surface area contributed by atoms with E-state index in [4.69, 9.17) is 5.11 Å². The van der Waals surface area contributed by atoms with Crippen LogP contribution in [0.1, 0.15) is 39.0 Å². The number of aliphatic carboxylic acids is 1. The van der Waals surface area contributed by atoms with Crippen LogP contribution < -0.4 is 0 Å². The molecular formula is C13H20N2O2. The summed E-state index contributed by atoms with van der Waals surface area (Å²) in [5.74, 6) is -0.191. The summed E-state index contributed by atoms with van der Waals surface area (Å²) < 4.78 is 0. The Hall–Kier alpha value is -1.45. The summed E-state index contributed by atoms with van der Waals surface area (Å²) in [6, 6.07) is 0. The Morgan fingerprint density at radius 3 is 2.88 bits per heavy atom. The normalized spacial score (nSPS) is 21.6. The van der Waals surface area contributed by atoms with Crippen molar-refractivity contribution in [1.82, 2.24) is 0 Å². The van der Waals surface area contributed by atoms with Crippen molar-refractivity contribution in [2.75, 3.05) is 7.05 Å². The van der Waals surface area contributed by atoms with E-state index in [2.05, 4.69) is 16.9 Å². The maximum absolute atomic E-state index is 10.8. The van der Waals surface area contributed by atoms with Crippen LogP contribution in [0.5, 0.6) is 0 Å². The van der Waals surface area contributed by atoms with Gasteiger partial charge in [0.25, 0.3) is 0 Å². The quantitative estimate of drug-likeness (QED) is 0.602. The van der Waals surface area contributed by atoms with Crippen LogP contribution in [-0.2, 0) is 4.79 Å². The molecule has 0 amide bonds. The van der Waals surface area contributed by atoms with Crippen LogP contribution in [-0.4, -0.2) is 30.2 Å². The molecule has 0 aromatic carbocycles. The molecule has 0 bridgehead atoms. The molecule has 0 fully saturated rings. The topological polar surface area (TPSA) is 62.0 Å². The second-order valence-electron chi connectivity index (χ2n) is 4.19. The van der Waals surface area contributed by atoms with Gasteiger partial charge in [0, 0.05) is 13.3 Å². The van der Waals surface area contributed by atoms with Gasteiger partial charge in [-0.1, -0.05) is 19.4 Å². The maximum atomic E-state index is 10.8. The van der Waals surface area contributed by atoms with Gasteiger partial charge in [-0.2, -0.15) is 0 Å². The molecular weight excluding hydrogens is 216 g/mol. The van der Waals surface area contributed by atoms with E-state index in [1.165, 1.54) is 0 Å². The van der Waals surface area contributed by atoms with Crippen molar-refractivity contribution in [1.29, 1.82) is 0 Å². The van der Waals surface area contributed by atoms with E-state index in [9.17, 15) is 4.79 Å². The second kappa shape index (κ2) is 6.99. The van der Waals surface area contributed by atoms with Crippen molar-refractivity contribution < 1.29 is 9.90 Å². The Kier molecular flexibility index (Phi) is 5.60. The molecule has 1 aliphatic rings. The van der Waals surface area contributed by atoms with E-state index in [-0.39, 0.29) is 5.92 Å². The second-order valence-corrected chi connectivity index (χ2v) is 4.19. The first-order chi connectivity index (χ1) is 8.19. The summed E-state index contributed by atoms with van der Waals surface area (Å²) in [6.45, 7) is 2.10. The van der Waals surface area contributed by atoms with E-state index >= 15 is 0 Å². The summed E-state index contributed by atoms with van der Waals surface area (Å²) in [5, 5.41) is 8.90. The van der Waals surface area contributed by atoms with E-state index in [0.29, 0.717) is 12.8 Å². The van der Waals surface area contributed by atoms with Crippen LogP contribution in [0.25, 0.3) is 0 Å². The number of nitrogens with zero attached hydrogens (tertiary/aromatic N) is 2. The Morgan fingerprint density at radius 2 is 2.41 bits per heavy atom. The molecule has 0 saturated carbocycles. The minimum absolute atomic E-state index is 0.239. The Balaban J connectivity index is 2.64. The van der Waals surface area contributed by atoms with Crippen LogP contribution >= 0.6 is 0 Å². The molecule has 4 nitrogen and oxygen atoms in total. The fraction of sp³-hybridized carbons (Fsp3) is 0.615. The molecule has 1 unspecified atom stereocenters. The smallest absolute Gasteiger partial charge is 0.306 e. The molecule has 1 N–H and O–H groups in total. The molecule has 0 aromatic rings. The Bertz CT molecular complexity index is 356. The third-order valence-corrected chi connectivity index (χ3v) is 2.89. The van der Waals surface area contributed by atoms with E-state index in [0.717, 1.165) is 30.7 Å². The highest BCUT2D eigenvalue weighted by Crippen LogP contribution is 2.24. The molecule has 17 heavy (non-hydrogen) atoms. The first kappa shape index (κ1) is 13.6. The molecule has 0 heterocycles. The van der Waals surface area contributed by atoms with E-state index in [1.54, 1.807) is 7.05 Å². The number of hydrogen-bond acceptors (Lipinski definition) is 2. The minimum atomic E-state index is -0.704. The number of unbranched alkanes of at least 4 members (excludes halogenated alkanes) is 1. The van der Waals surface area contributed by atoms with Crippen molar-refractivity contribution in [3.8, 4) is 0 Å².